The number of aliphatic hydroxyl groups excluding tert-OH is 1. The lowest BCUT2D eigenvalue weighted by molar-refractivity contribution is 0.0916. The normalized spacial score (nSPS) is 12.8. The minimum absolute atomic E-state index is 0.191. The molecule has 0 aliphatic rings. The van der Waals surface area contributed by atoms with Gasteiger partial charge in [0, 0.05) is 25.1 Å². The highest BCUT2D eigenvalue weighted by Gasteiger charge is 2.12. The molecule has 0 bridgehead atoms. The molecule has 1 amide bonds. The zero-order valence-electron chi connectivity index (χ0n) is 11.1. The minimum Gasteiger partial charge on any atom is -0.393 e. The SMILES string of the molecule is CC(C)C(O)CCNC(=O)c1cn2cccnc2n1. The molecule has 0 spiro atoms. The van der Waals surface area contributed by atoms with Crippen molar-refractivity contribution in [1.82, 2.24) is 19.7 Å². The van der Waals surface area contributed by atoms with Crippen LogP contribution in [-0.2, 0) is 0 Å². The van der Waals surface area contributed by atoms with E-state index in [1.54, 1.807) is 29.1 Å². The molecule has 0 aliphatic heterocycles. The maximum atomic E-state index is 11.9. The Labute approximate surface area is 111 Å². The van der Waals surface area contributed by atoms with Crippen LogP contribution in [0.25, 0.3) is 5.78 Å². The first kappa shape index (κ1) is 13.5. The Balaban J connectivity index is 1.93. The number of amides is 1. The van der Waals surface area contributed by atoms with Gasteiger partial charge in [-0.3, -0.25) is 9.20 Å². The zero-order valence-corrected chi connectivity index (χ0v) is 11.1. The van der Waals surface area contributed by atoms with Gasteiger partial charge in [-0.1, -0.05) is 13.8 Å². The van der Waals surface area contributed by atoms with Gasteiger partial charge in [0.25, 0.3) is 5.91 Å². The summed E-state index contributed by atoms with van der Waals surface area (Å²) in [7, 11) is 0. The summed E-state index contributed by atoms with van der Waals surface area (Å²) in [5, 5.41) is 12.4. The van der Waals surface area contributed by atoms with Crippen LogP contribution in [0.4, 0.5) is 0 Å². The predicted octanol–water partition coefficient (Wildman–Crippen LogP) is 0.866. The van der Waals surface area contributed by atoms with E-state index < -0.39 is 6.10 Å². The Hall–Kier alpha value is -1.95. The summed E-state index contributed by atoms with van der Waals surface area (Å²) in [5.74, 6) is 0.438. The molecule has 2 aromatic rings. The van der Waals surface area contributed by atoms with Crippen molar-refractivity contribution in [2.24, 2.45) is 5.92 Å². The largest absolute Gasteiger partial charge is 0.393 e. The highest BCUT2D eigenvalue weighted by Crippen LogP contribution is 2.05. The van der Waals surface area contributed by atoms with Gasteiger partial charge in [0.2, 0.25) is 5.78 Å². The molecule has 1 unspecified atom stereocenters. The summed E-state index contributed by atoms with van der Waals surface area (Å²) >= 11 is 0. The summed E-state index contributed by atoms with van der Waals surface area (Å²) in [6, 6.07) is 1.77. The van der Waals surface area contributed by atoms with Crippen LogP contribution in [0.15, 0.2) is 24.7 Å². The van der Waals surface area contributed by atoms with Gasteiger partial charge >= 0.3 is 0 Å². The van der Waals surface area contributed by atoms with Crippen LogP contribution in [0.2, 0.25) is 0 Å². The number of hydrogen-bond acceptors (Lipinski definition) is 4. The first-order valence-corrected chi connectivity index (χ1v) is 6.34. The van der Waals surface area contributed by atoms with E-state index in [-0.39, 0.29) is 11.8 Å². The molecular weight excluding hydrogens is 244 g/mol. The highest BCUT2D eigenvalue weighted by molar-refractivity contribution is 5.92. The molecule has 0 aromatic carbocycles. The van der Waals surface area contributed by atoms with E-state index in [0.29, 0.717) is 24.4 Å². The lowest BCUT2D eigenvalue weighted by Crippen LogP contribution is -2.28. The third-order valence-corrected chi connectivity index (χ3v) is 2.96. The molecule has 6 heteroatoms. The summed E-state index contributed by atoms with van der Waals surface area (Å²) in [6.45, 7) is 4.32. The number of fused-ring (bicyclic) bond motifs is 1. The second-order valence-corrected chi connectivity index (χ2v) is 4.81. The Morgan fingerprint density at radius 2 is 2.32 bits per heavy atom. The smallest absolute Gasteiger partial charge is 0.271 e. The van der Waals surface area contributed by atoms with Gasteiger partial charge in [-0.25, -0.2) is 9.97 Å². The highest BCUT2D eigenvalue weighted by atomic mass is 16.3. The summed E-state index contributed by atoms with van der Waals surface area (Å²) in [4.78, 5) is 20.0. The fourth-order valence-electron chi connectivity index (χ4n) is 1.70. The number of imidazole rings is 1. The van der Waals surface area contributed by atoms with Crippen LogP contribution in [0.5, 0.6) is 0 Å². The standard InChI is InChI=1S/C13H18N4O2/c1-9(2)11(18)4-6-14-12(19)10-8-17-7-3-5-15-13(17)16-10/h3,5,7-9,11,18H,4,6H2,1-2H3,(H,14,19). The van der Waals surface area contributed by atoms with Crippen molar-refractivity contribution in [3.05, 3.63) is 30.4 Å². The van der Waals surface area contributed by atoms with Crippen molar-refractivity contribution in [3.63, 3.8) is 0 Å². The number of carbonyl (C=O) groups is 1. The molecule has 2 aromatic heterocycles. The quantitative estimate of drug-likeness (QED) is 0.837. The molecule has 0 saturated heterocycles. The van der Waals surface area contributed by atoms with E-state index in [9.17, 15) is 9.90 Å². The van der Waals surface area contributed by atoms with Crippen molar-refractivity contribution < 1.29 is 9.90 Å². The number of aromatic nitrogens is 3. The zero-order chi connectivity index (χ0) is 13.8. The van der Waals surface area contributed by atoms with Gasteiger partial charge in [0.05, 0.1) is 6.10 Å². The fourth-order valence-corrected chi connectivity index (χ4v) is 1.70. The van der Waals surface area contributed by atoms with Gasteiger partial charge in [0.15, 0.2) is 0 Å². The third-order valence-electron chi connectivity index (χ3n) is 2.96. The first-order chi connectivity index (χ1) is 9.08. The van der Waals surface area contributed by atoms with Crippen LogP contribution in [0, 0.1) is 5.92 Å². The van der Waals surface area contributed by atoms with Gasteiger partial charge in [0.1, 0.15) is 5.69 Å². The van der Waals surface area contributed by atoms with Gasteiger partial charge in [-0.2, -0.15) is 0 Å². The lowest BCUT2D eigenvalue weighted by Gasteiger charge is -2.13. The van der Waals surface area contributed by atoms with Crippen molar-refractivity contribution in [2.45, 2.75) is 26.4 Å². The monoisotopic (exact) mass is 262 g/mol. The number of hydrogen-bond donors (Lipinski definition) is 2. The fraction of sp³-hybridized carbons (Fsp3) is 0.462. The molecule has 2 heterocycles. The van der Waals surface area contributed by atoms with Crippen molar-refractivity contribution in [1.29, 1.82) is 0 Å². The molecule has 102 valence electrons. The van der Waals surface area contributed by atoms with Gasteiger partial charge in [-0.15, -0.1) is 0 Å². The number of nitrogens with zero attached hydrogens (tertiary/aromatic N) is 3. The Bertz CT molecular complexity index is 532. The summed E-state index contributed by atoms with van der Waals surface area (Å²) < 4.78 is 1.69. The van der Waals surface area contributed by atoms with E-state index in [0.717, 1.165) is 0 Å². The van der Waals surface area contributed by atoms with Crippen LogP contribution in [0.1, 0.15) is 30.8 Å². The van der Waals surface area contributed by atoms with E-state index in [2.05, 4.69) is 15.3 Å². The molecule has 0 fully saturated rings. The maximum absolute atomic E-state index is 11.9. The van der Waals surface area contributed by atoms with Gasteiger partial charge < -0.3 is 10.4 Å². The third kappa shape index (κ3) is 3.29. The predicted molar refractivity (Wildman–Crippen MR) is 70.8 cm³/mol. The number of rotatable bonds is 5. The average molecular weight is 262 g/mol. The van der Waals surface area contributed by atoms with E-state index >= 15 is 0 Å². The summed E-state index contributed by atoms with van der Waals surface area (Å²) in [6.07, 6.45) is 5.19. The average Bonchev–Trinajstić information content (AvgIpc) is 2.82. The summed E-state index contributed by atoms with van der Waals surface area (Å²) in [5.41, 5.74) is 0.331. The molecule has 6 nitrogen and oxygen atoms in total. The Kier molecular flexibility index (Phi) is 4.11. The molecule has 2 rings (SSSR count). The molecule has 2 N–H and O–H groups in total. The van der Waals surface area contributed by atoms with E-state index in [4.69, 9.17) is 0 Å². The van der Waals surface area contributed by atoms with Crippen LogP contribution in [0.3, 0.4) is 0 Å². The first-order valence-electron chi connectivity index (χ1n) is 6.34. The molecule has 19 heavy (non-hydrogen) atoms. The molecular formula is C13H18N4O2. The minimum atomic E-state index is -0.400. The molecule has 0 saturated carbocycles. The molecule has 1 atom stereocenters. The topological polar surface area (TPSA) is 79.5 Å². The van der Waals surface area contributed by atoms with Gasteiger partial charge in [-0.05, 0) is 18.4 Å². The molecule has 0 radical (unpaired) electrons. The Morgan fingerprint density at radius 3 is 3.00 bits per heavy atom. The number of carbonyl (C=O) groups excluding carboxylic acids is 1. The van der Waals surface area contributed by atoms with Crippen LogP contribution < -0.4 is 5.32 Å². The Morgan fingerprint density at radius 1 is 1.53 bits per heavy atom. The van der Waals surface area contributed by atoms with Crippen molar-refractivity contribution >= 4 is 11.7 Å². The van der Waals surface area contributed by atoms with Crippen molar-refractivity contribution in [3.8, 4) is 0 Å². The van der Waals surface area contributed by atoms with Crippen molar-refractivity contribution in [2.75, 3.05) is 6.54 Å². The van der Waals surface area contributed by atoms with Crippen LogP contribution in [-0.4, -0.2) is 38.0 Å². The lowest BCUT2D eigenvalue weighted by atomic mass is 10.0. The number of aliphatic hydroxyl groups is 1. The van der Waals surface area contributed by atoms with E-state index in [1.165, 1.54) is 0 Å². The van der Waals surface area contributed by atoms with Crippen LogP contribution >= 0.6 is 0 Å². The van der Waals surface area contributed by atoms with E-state index in [1.807, 2.05) is 13.8 Å². The molecule has 0 aliphatic carbocycles. The number of nitrogens with one attached hydrogen (secondary N) is 1. The second-order valence-electron chi connectivity index (χ2n) is 4.81. The maximum Gasteiger partial charge on any atom is 0.271 e. The second kappa shape index (κ2) is 5.79.